The molecule has 66 valence electrons. The molecule has 0 aliphatic heterocycles. The average molecular weight is 239 g/mol. The van der Waals surface area contributed by atoms with E-state index in [-0.39, 0.29) is 23.4 Å². The molecule has 3 aliphatic rings. The van der Waals surface area contributed by atoms with Crippen LogP contribution in [0.2, 0.25) is 0 Å². The number of allylic oxidation sites excluding steroid dienone is 4. The second-order valence-electron chi connectivity index (χ2n) is 3.85. The van der Waals surface area contributed by atoms with Crippen molar-refractivity contribution in [3.05, 3.63) is 22.7 Å². The number of ketones is 2. The Bertz CT molecular complexity index is 380. The maximum absolute atomic E-state index is 11.6. The predicted molar refractivity (Wildman–Crippen MR) is 50.1 cm³/mol. The van der Waals surface area contributed by atoms with E-state index in [4.69, 9.17) is 0 Å². The van der Waals surface area contributed by atoms with Crippen LogP contribution in [0.3, 0.4) is 0 Å². The van der Waals surface area contributed by atoms with Crippen LogP contribution < -0.4 is 0 Å². The molecule has 3 aliphatic carbocycles. The molecule has 0 N–H and O–H groups in total. The lowest BCUT2D eigenvalue weighted by atomic mass is 9.48. The van der Waals surface area contributed by atoms with Crippen LogP contribution in [-0.2, 0) is 9.59 Å². The molecular weight excluding hydrogens is 232 g/mol. The Hall–Kier alpha value is -0.700. The molecule has 3 rings (SSSR count). The fraction of sp³-hybridized carbons (Fsp3) is 0.400. The summed E-state index contributed by atoms with van der Waals surface area (Å²) >= 11 is 3.13. The van der Waals surface area contributed by atoms with Gasteiger partial charge in [0.25, 0.3) is 0 Å². The summed E-state index contributed by atoms with van der Waals surface area (Å²) in [6, 6.07) is 0. The number of carbonyl (C=O) groups excluding carboxylic acids is 2. The van der Waals surface area contributed by atoms with Gasteiger partial charge in [-0.3, -0.25) is 9.59 Å². The molecule has 3 heteroatoms. The fourth-order valence-corrected chi connectivity index (χ4v) is 3.07. The van der Waals surface area contributed by atoms with E-state index in [1.807, 2.05) is 12.2 Å². The first kappa shape index (κ1) is 7.68. The highest BCUT2D eigenvalue weighted by Gasteiger charge is 2.59. The highest BCUT2D eigenvalue weighted by molar-refractivity contribution is 9.12. The molecular formula is C10H7BrO2. The van der Waals surface area contributed by atoms with Gasteiger partial charge in [0.05, 0.1) is 4.48 Å². The molecule has 1 saturated carbocycles. The monoisotopic (exact) mass is 238 g/mol. The van der Waals surface area contributed by atoms with E-state index in [9.17, 15) is 9.59 Å². The van der Waals surface area contributed by atoms with Gasteiger partial charge in [0.15, 0.2) is 11.6 Å². The molecule has 0 radical (unpaired) electrons. The minimum atomic E-state index is -0.0538. The van der Waals surface area contributed by atoms with Crippen molar-refractivity contribution >= 4 is 27.5 Å². The lowest BCUT2D eigenvalue weighted by Gasteiger charge is -2.54. The summed E-state index contributed by atoms with van der Waals surface area (Å²) in [5, 5.41) is 0. The van der Waals surface area contributed by atoms with E-state index < -0.39 is 0 Å². The molecule has 0 heterocycles. The molecule has 4 atom stereocenters. The summed E-state index contributed by atoms with van der Waals surface area (Å²) in [5.74, 6) is 0.837. The summed E-state index contributed by atoms with van der Waals surface area (Å²) in [6.07, 6.45) is 5.53. The second kappa shape index (κ2) is 2.21. The van der Waals surface area contributed by atoms with Gasteiger partial charge < -0.3 is 0 Å². The third-order valence-electron chi connectivity index (χ3n) is 3.35. The zero-order valence-corrected chi connectivity index (χ0v) is 8.32. The van der Waals surface area contributed by atoms with Gasteiger partial charge in [0.1, 0.15) is 0 Å². The van der Waals surface area contributed by atoms with Gasteiger partial charge in [0, 0.05) is 11.8 Å². The number of carbonyl (C=O) groups is 2. The van der Waals surface area contributed by atoms with Gasteiger partial charge in [0.2, 0.25) is 0 Å². The third kappa shape index (κ3) is 0.742. The van der Waals surface area contributed by atoms with Crippen LogP contribution in [0.25, 0.3) is 0 Å². The summed E-state index contributed by atoms with van der Waals surface area (Å²) in [6.45, 7) is 0. The number of Topliss-reactive ketones (excluding diaryl/α,β-unsaturated/α-hetero) is 1. The first-order valence-electron chi connectivity index (χ1n) is 4.34. The minimum Gasteiger partial charge on any atom is -0.294 e. The third-order valence-corrected chi connectivity index (χ3v) is 3.97. The van der Waals surface area contributed by atoms with Crippen molar-refractivity contribution in [3.8, 4) is 0 Å². The van der Waals surface area contributed by atoms with Gasteiger partial charge in [-0.2, -0.15) is 0 Å². The van der Waals surface area contributed by atoms with Gasteiger partial charge in [-0.15, -0.1) is 0 Å². The Balaban J connectivity index is 2.05. The summed E-state index contributed by atoms with van der Waals surface area (Å²) in [5.41, 5.74) is 0. The van der Waals surface area contributed by atoms with Gasteiger partial charge in [-0.25, -0.2) is 0 Å². The van der Waals surface area contributed by atoms with Crippen LogP contribution in [0, 0.1) is 23.7 Å². The molecule has 0 bridgehead atoms. The molecule has 4 unspecified atom stereocenters. The molecule has 0 aromatic heterocycles. The zero-order valence-electron chi connectivity index (χ0n) is 6.74. The predicted octanol–water partition coefficient (Wildman–Crippen LogP) is 1.47. The summed E-state index contributed by atoms with van der Waals surface area (Å²) in [7, 11) is 0. The molecule has 0 aromatic carbocycles. The molecule has 0 amide bonds. The first-order chi connectivity index (χ1) is 6.20. The van der Waals surface area contributed by atoms with Crippen molar-refractivity contribution in [1.82, 2.24) is 0 Å². The second-order valence-corrected chi connectivity index (χ2v) is 4.70. The largest absolute Gasteiger partial charge is 0.294 e. The van der Waals surface area contributed by atoms with Crippen molar-refractivity contribution in [1.29, 1.82) is 0 Å². The molecule has 0 saturated heterocycles. The standard InChI is InChI=1S/C10H7BrO2/c11-6-3-7(12)8-4-1-2-5(4)9(8)10(6)13/h1-5,8-9H. The van der Waals surface area contributed by atoms with Crippen molar-refractivity contribution in [2.45, 2.75) is 0 Å². The Labute approximate surface area is 83.8 Å². The zero-order chi connectivity index (χ0) is 9.16. The summed E-state index contributed by atoms with van der Waals surface area (Å²) < 4.78 is 0.456. The first-order valence-corrected chi connectivity index (χ1v) is 5.13. The highest BCUT2D eigenvalue weighted by atomic mass is 79.9. The Kier molecular flexibility index (Phi) is 1.30. The molecule has 0 spiro atoms. The molecule has 13 heavy (non-hydrogen) atoms. The van der Waals surface area contributed by atoms with Crippen LogP contribution in [0.4, 0.5) is 0 Å². The van der Waals surface area contributed by atoms with E-state index in [0.29, 0.717) is 16.3 Å². The van der Waals surface area contributed by atoms with Gasteiger partial charge in [-0.05, 0) is 33.8 Å². The number of fused-ring (bicyclic) bond motifs is 4. The highest BCUT2D eigenvalue weighted by Crippen LogP contribution is 2.56. The Morgan fingerprint density at radius 3 is 2.31 bits per heavy atom. The lowest BCUT2D eigenvalue weighted by Crippen LogP contribution is -2.57. The SMILES string of the molecule is O=C1C=C(Br)C(=O)C2C3C=CC3C12. The van der Waals surface area contributed by atoms with Crippen LogP contribution in [0.5, 0.6) is 0 Å². The van der Waals surface area contributed by atoms with Crippen LogP contribution in [0.15, 0.2) is 22.7 Å². The summed E-state index contributed by atoms with van der Waals surface area (Å²) in [4.78, 5) is 23.1. The smallest absolute Gasteiger partial charge is 0.174 e. The van der Waals surface area contributed by atoms with Gasteiger partial charge in [-0.1, -0.05) is 12.2 Å². The van der Waals surface area contributed by atoms with Crippen LogP contribution >= 0.6 is 15.9 Å². The Morgan fingerprint density at radius 2 is 1.69 bits per heavy atom. The molecule has 2 nitrogen and oxygen atoms in total. The van der Waals surface area contributed by atoms with Crippen molar-refractivity contribution in [2.24, 2.45) is 23.7 Å². The van der Waals surface area contributed by atoms with E-state index in [1.54, 1.807) is 0 Å². The van der Waals surface area contributed by atoms with E-state index in [2.05, 4.69) is 15.9 Å². The van der Waals surface area contributed by atoms with E-state index >= 15 is 0 Å². The topological polar surface area (TPSA) is 34.1 Å². The molecule has 1 fully saturated rings. The Morgan fingerprint density at radius 1 is 1.08 bits per heavy atom. The number of hydrogen-bond donors (Lipinski definition) is 0. The van der Waals surface area contributed by atoms with Crippen molar-refractivity contribution in [3.63, 3.8) is 0 Å². The number of rotatable bonds is 0. The normalized spacial score (nSPS) is 45.8. The quantitative estimate of drug-likeness (QED) is 0.600. The molecule has 0 aromatic rings. The van der Waals surface area contributed by atoms with Gasteiger partial charge >= 0.3 is 0 Å². The number of halogens is 1. The minimum absolute atomic E-state index is 0.0381. The number of hydrogen-bond acceptors (Lipinski definition) is 2. The lowest BCUT2D eigenvalue weighted by molar-refractivity contribution is -0.143. The fourth-order valence-electron chi connectivity index (χ4n) is 2.58. The average Bonchev–Trinajstić information content (AvgIpc) is 2.04. The van der Waals surface area contributed by atoms with E-state index in [0.717, 1.165) is 0 Å². The van der Waals surface area contributed by atoms with Crippen molar-refractivity contribution < 1.29 is 9.59 Å². The maximum Gasteiger partial charge on any atom is 0.174 e. The maximum atomic E-state index is 11.6. The van der Waals surface area contributed by atoms with Crippen LogP contribution in [0.1, 0.15) is 0 Å². The van der Waals surface area contributed by atoms with Crippen LogP contribution in [-0.4, -0.2) is 11.6 Å². The van der Waals surface area contributed by atoms with Crippen molar-refractivity contribution in [2.75, 3.05) is 0 Å². The van der Waals surface area contributed by atoms with E-state index in [1.165, 1.54) is 6.08 Å².